The number of hydrogen-bond donors (Lipinski definition) is 1. The zero-order valence-corrected chi connectivity index (χ0v) is 10.6. The molecule has 2 rings (SSSR count). The van der Waals surface area contributed by atoms with E-state index >= 15 is 0 Å². The van der Waals surface area contributed by atoms with Crippen LogP contribution in [0.15, 0.2) is 18.2 Å². The number of fused-ring (bicyclic) bond motifs is 1. The van der Waals surface area contributed by atoms with Crippen molar-refractivity contribution in [3.05, 3.63) is 34.9 Å². The fraction of sp³-hybridized carbons (Fsp3) is 0.600. The van der Waals surface area contributed by atoms with Crippen molar-refractivity contribution in [1.82, 2.24) is 0 Å². The van der Waals surface area contributed by atoms with Gasteiger partial charge in [-0.3, -0.25) is 0 Å². The molecule has 1 aliphatic carbocycles. The van der Waals surface area contributed by atoms with Crippen LogP contribution in [-0.4, -0.2) is 5.54 Å². The van der Waals surface area contributed by atoms with Gasteiger partial charge in [-0.05, 0) is 69.1 Å². The van der Waals surface area contributed by atoms with E-state index in [-0.39, 0.29) is 5.54 Å². The lowest BCUT2D eigenvalue weighted by molar-refractivity contribution is 0.476. The van der Waals surface area contributed by atoms with Crippen LogP contribution in [0.1, 0.15) is 49.8 Å². The van der Waals surface area contributed by atoms with E-state index in [1.807, 2.05) is 0 Å². The van der Waals surface area contributed by atoms with E-state index in [0.717, 1.165) is 12.8 Å². The average molecular weight is 217 g/mol. The van der Waals surface area contributed by atoms with Crippen LogP contribution in [0.25, 0.3) is 0 Å². The van der Waals surface area contributed by atoms with Gasteiger partial charge in [0, 0.05) is 5.54 Å². The Labute approximate surface area is 99.0 Å². The summed E-state index contributed by atoms with van der Waals surface area (Å²) < 4.78 is 0. The van der Waals surface area contributed by atoms with E-state index in [2.05, 4.69) is 32.0 Å². The lowest BCUT2D eigenvalue weighted by Crippen LogP contribution is -2.32. The summed E-state index contributed by atoms with van der Waals surface area (Å²) in [5, 5.41) is 0. The summed E-state index contributed by atoms with van der Waals surface area (Å²) >= 11 is 0. The van der Waals surface area contributed by atoms with Crippen LogP contribution in [0.3, 0.4) is 0 Å². The maximum absolute atomic E-state index is 6.02. The van der Waals surface area contributed by atoms with Crippen LogP contribution in [0.5, 0.6) is 0 Å². The van der Waals surface area contributed by atoms with E-state index in [1.54, 1.807) is 11.1 Å². The van der Waals surface area contributed by atoms with Gasteiger partial charge in [0.15, 0.2) is 0 Å². The normalized spacial score (nSPS) is 15.9. The summed E-state index contributed by atoms with van der Waals surface area (Å²) in [5.41, 5.74) is 10.6. The molecule has 0 atom stereocenters. The Balaban J connectivity index is 2.06. The first-order chi connectivity index (χ1) is 7.54. The molecule has 88 valence electrons. The minimum atomic E-state index is -0.0457. The summed E-state index contributed by atoms with van der Waals surface area (Å²) in [6, 6.07) is 7.02. The maximum Gasteiger partial charge on any atom is 0.0100 e. The molecule has 0 unspecified atom stereocenters. The highest BCUT2D eigenvalue weighted by Crippen LogP contribution is 2.23. The number of nitrogens with two attached hydrogens (primary N) is 1. The molecule has 1 aliphatic rings. The van der Waals surface area contributed by atoms with Crippen molar-refractivity contribution in [1.29, 1.82) is 0 Å². The van der Waals surface area contributed by atoms with E-state index in [1.165, 1.54) is 31.2 Å². The Morgan fingerprint density at radius 3 is 2.50 bits per heavy atom. The highest BCUT2D eigenvalue weighted by molar-refractivity contribution is 5.33. The van der Waals surface area contributed by atoms with Crippen molar-refractivity contribution in [3.63, 3.8) is 0 Å². The fourth-order valence-electron chi connectivity index (χ4n) is 2.41. The van der Waals surface area contributed by atoms with Gasteiger partial charge in [0.1, 0.15) is 0 Å². The molecule has 0 aliphatic heterocycles. The number of benzene rings is 1. The first-order valence-corrected chi connectivity index (χ1v) is 6.44. The SMILES string of the molecule is CC(C)(N)CCc1ccc2c(c1)CCCC2. The molecule has 0 spiro atoms. The van der Waals surface area contributed by atoms with Gasteiger partial charge >= 0.3 is 0 Å². The lowest BCUT2D eigenvalue weighted by Gasteiger charge is -2.20. The van der Waals surface area contributed by atoms with E-state index in [0.29, 0.717) is 0 Å². The molecule has 0 bridgehead atoms. The molecule has 0 amide bonds. The Bertz CT molecular complexity index is 360. The van der Waals surface area contributed by atoms with Gasteiger partial charge in [-0.15, -0.1) is 0 Å². The molecule has 0 heterocycles. The standard InChI is InChI=1S/C15H23N/c1-15(2,16)10-9-12-7-8-13-5-3-4-6-14(13)11-12/h7-8,11H,3-6,9-10,16H2,1-2H3. The summed E-state index contributed by atoms with van der Waals surface area (Å²) in [4.78, 5) is 0. The topological polar surface area (TPSA) is 26.0 Å². The Morgan fingerprint density at radius 1 is 1.12 bits per heavy atom. The Hall–Kier alpha value is -0.820. The van der Waals surface area contributed by atoms with Gasteiger partial charge in [-0.2, -0.15) is 0 Å². The summed E-state index contributed by atoms with van der Waals surface area (Å²) in [6.45, 7) is 4.21. The van der Waals surface area contributed by atoms with Gasteiger partial charge in [0.05, 0.1) is 0 Å². The smallest absolute Gasteiger partial charge is 0.0100 e. The largest absolute Gasteiger partial charge is 0.326 e. The molecule has 0 radical (unpaired) electrons. The third kappa shape index (κ3) is 3.08. The van der Waals surface area contributed by atoms with E-state index < -0.39 is 0 Å². The minimum absolute atomic E-state index is 0.0457. The zero-order chi connectivity index (χ0) is 11.6. The molecule has 1 heteroatoms. The summed E-state index contributed by atoms with van der Waals surface area (Å²) in [7, 11) is 0. The monoisotopic (exact) mass is 217 g/mol. The molecule has 0 saturated carbocycles. The van der Waals surface area contributed by atoms with Crippen molar-refractivity contribution < 1.29 is 0 Å². The van der Waals surface area contributed by atoms with Crippen LogP contribution in [-0.2, 0) is 19.3 Å². The molecule has 0 saturated heterocycles. The zero-order valence-electron chi connectivity index (χ0n) is 10.6. The quantitative estimate of drug-likeness (QED) is 0.826. The highest BCUT2D eigenvalue weighted by Gasteiger charge is 2.12. The summed E-state index contributed by atoms with van der Waals surface area (Å²) in [5.74, 6) is 0. The Kier molecular flexibility index (Phi) is 3.34. The van der Waals surface area contributed by atoms with E-state index in [9.17, 15) is 0 Å². The lowest BCUT2D eigenvalue weighted by atomic mass is 9.88. The van der Waals surface area contributed by atoms with Crippen LogP contribution in [0, 0.1) is 0 Å². The average Bonchev–Trinajstić information content (AvgIpc) is 2.25. The number of aryl methyl sites for hydroxylation is 3. The minimum Gasteiger partial charge on any atom is -0.326 e. The van der Waals surface area contributed by atoms with Gasteiger partial charge in [-0.1, -0.05) is 18.2 Å². The van der Waals surface area contributed by atoms with Crippen molar-refractivity contribution in [3.8, 4) is 0 Å². The second-order valence-corrected chi connectivity index (χ2v) is 5.80. The van der Waals surface area contributed by atoms with Crippen LogP contribution < -0.4 is 5.73 Å². The molecular formula is C15H23N. The molecule has 16 heavy (non-hydrogen) atoms. The van der Waals surface area contributed by atoms with Gasteiger partial charge in [-0.25, -0.2) is 0 Å². The van der Waals surface area contributed by atoms with Gasteiger partial charge < -0.3 is 5.73 Å². The van der Waals surface area contributed by atoms with Crippen LogP contribution in [0.2, 0.25) is 0 Å². The second-order valence-electron chi connectivity index (χ2n) is 5.80. The molecule has 0 fully saturated rings. The third-order valence-corrected chi connectivity index (χ3v) is 3.47. The highest BCUT2D eigenvalue weighted by atomic mass is 14.7. The van der Waals surface area contributed by atoms with Crippen molar-refractivity contribution >= 4 is 0 Å². The van der Waals surface area contributed by atoms with Gasteiger partial charge in [0.25, 0.3) is 0 Å². The first kappa shape index (κ1) is 11.7. The fourth-order valence-corrected chi connectivity index (χ4v) is 2.41. The number of rotatable bonds is 3. The summed E-state index contributed by atoms with van der Waals surface area (Å²) in [6.07, 6.45) is 7.44. The Morgan fingerprint density at radius 2 is 1.81 bits per heavy atom. The molecule has 1 aromatic carbocycles. The number of hydrogen-bond acceptors (Lipinski definition) is 1. The maximum atomic E-state index is 6.02. The van der Waals surface area contributed by atoms with Gasteiger partial charge in [0.2, 0.25) is 0 Å². The van der Waals surface area contributed by atoms with Crippen molar-refractivity contribution in [2.45, 2.75) is 57.9 Å². The molecule has 1 nitrogen and oxygen atoms in total. The van der Waals surface area contributed by atoms with Crippen LogP contribution in [0.4, 0.5) is 0 Å². The van der Waals surface area contributed by atoms with Crippen molar-refractivity contribution in [2.24, 2.45) is 5.73 Å². The third-order valence-electron chi connectivity index (χ3n) is 3.47. The van der Waals surface area contributed by atoms with Crippen molar-refractivity contribution in [2.75, 3.05) is 0 Å². The second kappa shape index (κ2) is 4.58. The molecule has 0 aromatic heterocycles. The van der Waals surface area contributed by atoms with E-state index in [4.69, 9.17) is 5.73 Å². The predicted octanol–water partition coefficient (Wildman–Crippen LogP) is 3.24. The molecule has 2 N–H and O–H groups in total. The molecule has 1 aromatic rings. The predicted molar refractivity (Wildman–Crippen MR) is 69.7 cm³/mol. The molecular weight excluding hydrogens is 194 g/mol. The van der Waals surface area contributed by atoms with Crippen LogP contribution >= 0.6 is 0 Å². The first-order valence-electron chi connectivity index (χ1n) is 6.44.